The third kappa shape index (κ3) is 4.93. The number of methoxy groups -OCH3 is 1. The van der Waals surface area contributed by atoms with Crippen LogP contribution in [0.3, 0.4) is 0 Å². The monoisotopic (exact) mass is 405 g/mol. The quantitative estimate of drug-likeness (QED) is 0.643. The van der Waals surface area contributed by atoms with Crippen LogP contribution in [0.25, 0.3) is 11.1 Å². The van der Waals surface area contributed by atoms with E-state index in [2.05, 4.69) is 15.3 Å². The van der Waals surface area contributed by atoms with Gasteiger partial charge in [-0.25, -0.2) is 9.97 Å². The van der Waals surface area contributed by atoms with Crippen LogP contribution < -0.4 is 14.8 Å². The summed E-state index contributed by atoms with van der Waals surface area (Å²) in [6.07, 6.45) is 5.57. The highest BCUT2D eigenvalue weighted by Crippen LogP contribution is 2.23. The van der Waals surface area contributed by atoms with E-state index in [1.807, 2.05) is 24.3 Å². The Morgan fingerprint density at radius 3 is 2.37 bits per heavy atom. The molecule has 1 aromatic heterocycles. The predicted octanol–water partition coefficient (Wildman–Crippen LogP) is 3.85. The summed E-state index contributed by atoms with van der Waals surface area (Å²) < 4.78 is 16.3. The molecule has 1 atom stereocenters. The Hall–Kier alpha value is -3.45. The number of carbonyl (C=O) groups is 1. The molecule has 154 valence electrons. The molecule has 30 heavy (non-hydrogen) atoms. The molecule has 1 saturated heterocycles. The standard InChI is InChI=1S/C23H23N3O4/c1-28-19-8-10-20(11-9-19)30-23-25-13-18(14-26-23)16-4-6-17(7-5-16)22(27)24-15-21-3-2-12-29-21/h4-11,13-14,21H,2-3,12,15H2,1H3,(H,24,27)/t21-/m0/s1. The van der Waals surface area contributed by atoms with Crippen LogP contribution in [-0.4, -0.2) is 42.2 Å². The van der Waals surface area contributed by atoms with E-state index < -0.39 is 0 Å². The fraction of sp³-hybridized carbons (Fsp3) is 0.261. The lowest BCUT2D eigenvalue weighted by Crippen LogP contribution is -2.31. The summed E-state index contributed by atoms with van der Waals surface area (Å²) in [6.45, 7) is 1.32. The molecular formula is C23H23N3O4. The van der Waals surface area contributed by atoms with E-state index in [4.69, 9.17) is 14.2 Å². The van der Waals surface area contributed by atoms with Crippen LogP contribution in [0.4, 0.5) is 0 Å². The van der Waals surface area contributed by atoms with Gasteiger partial charge in [0.15, 0.2) is 0 Å². The second kappa shape index (κ2) is 9.37. The highest BCUT2D eigenvalue weighted by atomic mass is 16.5. The molecule has 1 aliphatic heterocycles. The van der Waals surface area contributed by atoms with Crippen LogP contribution >= 0.6 is 0 Å². The molecule has 7 nitrogen and oxygen atoms in total. The first kappa shape index (κ1) is 19.8. The Labute approximate surface area is 175 Å². The topological polar surface area (TPSA) is 82.6 Å². The summed E-state index contributed by atoms with van der Waals surface area (Å²) in [5.41, 5.74) is 2.36. The van der Waals surface area contributed by atoms with Gasteiger partial charge >= 0.3 is 6.01 Å². The molecule has 0 unspecified atom stereocenters. The Morgan fingerprint density at radius 1 is 1.03 bits per heavy atom. The molecule has 1 aliphatic rings. The van der Waals surface area contributed by atoms with Gasteiger partial charge in [-0.2, -0.15) is 0 Å². The Morgan fingerprint density at radius 2 is 1.73 bits per heavy atom. The average molecular weight is 405 g/mol. The van der Waals surface area contributed by atoms with Crippen molar-refractivity contribution in [3.05, 3.63) is 66.5 Å². The van der Waals surface area contributed by atoms with Gasteiger partial charge in [-0.1, -0.05) is 12.1 Å². The van der Waals surface area contributed by atoms with E-state index in [1.54, 1.807) is 43.8 Å². The average Bonchev–Trinajstić information content (AvgIpc) is 3.32. The van der Waals surface area contributed by atoms with E-state index in [-0.39, 0.29) is 18.0 Å². The number of nitrogens with one attached hydrogen (secondary N) is 1. The van der Waals surface area contributed by atoms with E-state index in [0.29, 0.717) is 17.9 Å². The van der Waals surface area contributed by atoms with Gasteiger partial charge in [0, 0.05) is 36.7 Å². The van der Waals surface area contributed by atoms with E-state index in [0.717, 1.165) is 36.3 Å². The molecule has 1 N–H and O–H groups in total. The summed E-state index contributed by atoms with van der Waals surface area (Å²) in [5.74, 6) is 1.28. The second-order valence-corrected chi connectivity index (χ2v) is 6.95. The van der Waals surface area contributed by atoms with Gasteiger partial charge in [-0.15, -0.1) is 0 Å². The number of rotatable bonds is 7. The van der Waals surface area contributed by atoms with Crippen molar-refractivity contribution in [2.75, 3.05) is 20.3 Å². The molecule has 0 radical (unpaired) electrons. The number of benzene rings is 2. The summed E-state index contributed by atoms with van der Waals surface area (Å²) in [5, 5.41) is 2.92. The van der Waals surface area contributed by atoms with Crippen molar-refractivity contribution < 1.29 is 19.0 Å². The zero-order chi connectivity index (χ0) is 20.8. The zero-order valence-corrected chi connectivity index (χ0v) is 16.7. The molecule has 0 spiro atoms. The maximum absolute atomic E-state index is 12.3. The molecule has 2 heterocycles. The van der Waals surface area contributed by atoms with Crippen molar-refractivity contribution in [3.8, 4) is 28.6 Å². The number of ether oxygens (including phenoxy) is 3. The van der Waals surface area contributed by atoms with Gasteiger partial charge in [0.2, 0.25) is 0 Å². The van der Waals surface area contributed by atoms with E-state index >= 15 is 0 Å². The SMILES string of the molecule is COc1ccc(Oc2ncc(-c3ccc(C(=O)NC[C@@H]4CCCO4)cc3)cn2)cc1. The largest absolute Gasteiger partial charge is 0.497 e. The summed E-state index contributed by atoms with van der Waals surface area (Å²) in [6, 6.07) is 14.8. The third-order valence-corrected chi connectivity index (χ3v) is 4.89. The lowest BCUT2D eigenvalue weighted by Gasteiger charge is -2.11. The number of hydrogen-bond donors (Lipinski definition) is 1. The lowest BCUT2D eigenvalue weighted by atomic mass is 10.1. The van der Waals surface area contributed by atoms with Gasteiger partial charge in [-0.05, 0) is 54.8 Å². The number of aromatic nitrogens is 2. The van der Waals surface area contributed by atoms with Crippen molar-refractivity contribution >= 4 is 5.91 Å². The minimum Gasteiger partial charge on any atom is -0.497 e. The first-order valence-corrected chi connectivity index (χ1v) is 9.85. The van der Waals surface area contributed by atoms with Crippen LogP contribution in [-0.2, 0) is 4.74 Å². The van der Waals surface area contributed by atoms with Gasteiger partial charge in [0.1, 0.15) is 11.5 Å². The Balaban J connectivity index is 1.35. The number of amides is 1. The fourth-order valence-electron chi connectivity index (χ4n) is 3.20. The van der Waals surface area contributed by atoms with Crippen LogP contribution in [0, 0.1) is 0 Å². The fourth-order valence-corrected chi connectivity index (χ4v) is 3.20. The normalized spacial score (nSPS) is 15.6. The Bertz CT molecular complexity index is 967. The highest BCUT2D eigenvalue weighted by Gasteiger charge is 2.16. The minimum absolute atomic E-state index is 0.100. The number of carbonyl (C=O) groups excluding carboxylic acids is 1. The molecule has 1 fully saturated rings. The van der Waals surface area contributed by atoms with Gasteiger partial charge in [-0.3, -0.25) is 4.79 Å². The Kier molecular flexibility index (Phi) is 6.20. The molecule has 1 amide bonds. The summed E-state index contributed by atoms with van der Waals surface area (Å²) in [7, 11) is 1.61. The molecular weight excluding hydrogens is 382 g/mol. The molecule has 2 aromatic carbocycles. The van der Waals surface area contributed by atoms with Gasteiger partial charge < -0.3 is 19.5 Å². The molecule has 4 rings (SSSR count). The first-order valence-electron chi connectivity index (χ1n) is 9.85. The molecule has 0 saturated carbocycles. The van der Waals surface area contributed by atoms with Gasteiger partial charge in [0.25, 0.3) is 5.91 Å². The first-order chi connectivity index (χ1) is 14.7. The number of hydrogen-bond acceptors (Lipinski definition) is 6. The van der Waals surface area contributed by atoms with Crippen LogP contribution in [0.1, 0.15) is 23.2 Å². The van der Waals surface area contributed by atoms with Crippen molar-refractivity contribution in [2.24, 2.45) is 0 Å². The molecule has 0 bridgehead atoms. The lowest BCUT2D eigenvalue weighted by molar-refractivity contribution is 0.0858. The van der Waals surface area contributed by atoms with E-state index in [9.17, 15) is 4.79 Å². The molecule has 0 aliphatic carbocycles. The summed E-state index contributed by atoms with van der Waals surface area (Å²) >= 11 is 0. The van der Waals surface area contributed by atoms with Crippen LogP contribution in [0.5, 0.6) is 17.5 Å². The van der Waals surface area contributed by atoms with Crippen molar-refractivity contribution in [2.45, 2.75) is 18.9 Å². The predicted molar refractivity (Wildman–Crippen MR) is 112 cm³/mol. The van der Waals surface area contributed by atoms with Crippen LogP contribution in [0.15, 0.2) is 60.9 Å². The summed E-state index contributed by atoms with van der Waals surface area (Å²) in [4.78, 5) is 20.8. The smallest absolute Gasteiger partial charge is 0.321 e. The minimum atomic E-state index is -0.100. The van der Waals surface area contributed by atoms with Crippen molar-refractivity contribution in [3.63, 3.8) is 0 Å². The highest BCUT2D eigenvalue weighted by molar-refractivity contribution is 5.94. The molecule has 3 aromatic rings. The van der Waals surface area contributed by atoms with Crippen molar-refractivity contribution in [1.82, 2.24) is 15.3 Å². The van der Waals surface area contributed by atoms with Crippen molar-refractivity contribution in [1.29, 1.82) is 0 Å². The number of nitrogens with zero attached hydrogens (tertiary/aromatic N) is 2. The second-order valence-electron chi connectivity index (χ2n) is 6.95. The maximum atomic E-state index is 12.3. The van der Waals surface area contributed by atoms with Gasteiger partial charge in [0.05, 0.1) is 13.2 Å². The van der Waals surface area contributed by atoms with Crippen LogP contribution in [0.2, 0.25) is 0 Å². The molecule has 7 heteroatoms. The zero-order valence-electron chi connectivity index (χ0n) is 16.7. The van der Waals surface area contributed by atoms with E-state index in [1.165, 1.54) is 0 Å². The maximum Gasteiger partial charge on any atom is 0.321 e. The third-order valence-electron chi connectivity index (χ3n) is 4.89.